The lowest BCUT2D eigenvalue weighted by Crippen LogP contribution is -2.52. The third-order valence-corrected chi connectivity index (χ3v) is 5.65. The van der Waals surface area contributed by atoms with E-state index in [-0.39, 0.29) is 6.04 Å². The van der Waals surface area contributed by atoms with Crippen molar-refractivity contribution in [3.63, 3.8) is 0 Å². The number of aromatic nitrogens is 3. The number of rotatable bonds is 2. The number of hydrogen-bond acceptors (Lipinski definition) is 4. The van der Waals surface area contributed by atoms with Crippen LogP contribution in [0.15, 0.2) is 54.7 Å². The molecule has 1 atom stereocenters. The van der Waals surface area contributed by atoms with Crippen LogP contribution in [0.4, 0.5) is 24.9 Å². The molecule has 1 saturated heterocycles. The number of nitrogens with zero attached hydrogens (tertiary/aromatic N) is 4. The molecule has 1 aliphatic rings. The number of fused-ring (bicyclic) bond motifs is 2. The molecule has 1 aliphatic heterocycles. The molecule has 1 fully saturated rings. The first-order chi connectivity index (χ1) is 14.4. The molecule has 1 N–H and O–H groups in total. The van der Waals surface area contributed by atoms with Crippen LogP contribution in [0.1, 0.15) is 12.5 Å². The minimum absolute atomic E-state index is 0.113. The molecule has 4 aromatic rings. The Hall–Kier alpha value is -3.29. The van der Waals surface area contributed by atoms with Gasteiger partial charge in [0.05, 0.1) is 16.6 Å². The van der Waals surface area contributed by atoms with E-state index in [1.54, 1.807) is 0 Å². The van der Waals surface area contributed by atoms with E-state index in [9.17, 15) is 13.2 Å². The topological polar surface area (TPSA) is 48.1 Å². The molecule has 5 rings (SSSR count). The van der Waals surface area contributed by atoms with E-state index in [1.807, 2.05) is 24.4 Å². The summed E-state index contributed by atoms with van der Waals surface area (Å²) < 4.78 is 39.0. The van der Waals surface area contributed by atoms with Crippen LogP contribution >= 0.6 is 0 Å². The highest BCUT2D eigenvalue weighted by Gasteiger charge is 2.31. The number of imidazole rings is 1. The number of nitrogens with one attached hydrogen (secondary N) is 1. The van der Waals surface area contributed by atoms with Crippen LogP contribution in [0.25, 0.3) is 21.8 Å². The summed E-state index contributed by atoms with van der Waals surface area (Å²) in [7, 11) is 0. The lowest BCUT2D eigenvalue weighted by molar-refractivity contribution is -0.137. The highest BCUT2D eigenvalue weighted by Crippen LogP contribution is 2.32. The molecule has 30 heavy (non-hydrogen) atoms. The third-order valence-electron chi connectivity index (χ3n) is 5.65. The van der Waals surface area contributed by atoms with Crippen molar-refractivity contribution in [3.8, 4) is 0 Å². The van der Waals surface area contributed by atoms with Crippen molar-refractivity contribution in [1.82, 2.24) is 15.0 Å². The zero-order valence-corrected chi connectivity index (χ0v) is 16.3. The second-order valence-corrected chi connectivity index (χ2v) is 7.63. The van der Waals surface area contributed by atoms with Gasteiger partial charge in [-0.05, 0) is 36.6 Å². The molecule has 154 valence electrons. The van der Waals surface area contributed by atoms with Crippen LogP contribution in [0.5, 0.6) is 0 Å². The summed E-state index contributed by atoms with van der Waals surface area (Å²) in [5, 5.41) is 2.26. The molecule has 0 radical (unpaired) electrons. The summed E-state index contributed by atoms with van der Waals surface area (Å²) >= 11 is 0. The fourth-order valence-electron chi connectivity index (χ4n) is 4.13. The van der Waals surface area contributed by atoms with E-state index >= 15 is 0 Å². The molecule has 5 nitrogen and oxygen atoms in total. The number of anilines is 2. The number of H-pyrrole nitrogens is 1. The summed E-state index contributed by atoms with van der Waals surface area (Å²) in [5.74, 6) is 1.56. The number of pyridine rings is 1. The van der Waals surface area contributed by atoms with Crippen molar-refractivity contribution >= 4 is 33.6 Å². The predicted molar refractivity (Wildman–Crippen MR) is 112 cm³/mol. The Morgan fingerprint density at radius 2 is 1.90 bits per heavy atom. The molecular weight excluding hydrogens is 391 g/mol. The molecule has 3 heterocycles. The van der Waals surface area contributed by atoms with E-state index in [1.165, 1.54) is 6.07 Å². The van der Waals surface area contributed by atoms with Crippen LogP contribution in [-0.2, 0) is 6.18 Å². The third kappa shape index (κ3) is 3.22. The molecule has 2 aromatic carbocycles. The van der Waals surface area contributed by atoms with E-state index < -0.39 is 11.7 Å². The van der Waals surface area contributed by atoms with Gasteiger partial charge in [0, 0.05) is 37.3 Å². The van der Waals surface area contributed by atoms with Gasteiger partial charge in [0.1, 0.15) is 5.82 Å². The van der Waals surface area contributed by atoms with Crippen LogP contribution in [0.2, 0.25) is 0 Å². The first kappa shape index (κ1) is 18.7. The molecule has 8 heteroatoms. The van der Waals surface area contributed by atoms with Gasteiger partial charge in [-0.2, -0.15) is 13.2 Å². The van der Waals surface area contributed by atoms with Crippen molar-refractivity contribution in [3.05, 3.63) is 60.3 Å². The van der Waals surface area contributed by atoms with Crippen molar-refractivity contribution in [1.29, 1.82) is 0 Å². The Balaban J connectivity index is 1.41. The van der Waals surface area contributed by atoms with E-state index in [4.69, 9.17) is 0 Å². The zero-order chi connectivity index (χ0) is 20.9. The summed E-state index contributed by atoms with van der Waals surface area (Å²) in [4.78, 5) is 16.6. The smallest absolute Gasteiger partial charge is 0.352 e. The maximum absolute atomic E-state index is 13.0. The second-order valence-electron chi connectivity index (χ2n) is 7.63. The first-order valence-electron chi connectivity index (χ1n) is 9.82. The number of hydrogen-bond donors (Lipinski definition) is 1. The van der Waals surface area contributed by atoms with Gasteiger partial charge in [-0.15, -0.1) is 0 Å². The van der Waals surface area contributed by atoms with Gasteiger partial charge >= 0.3 is 6.18 Å². The normalized spacial score (nSPS) is 17.8. The quantitative estimate of drug-likeness (QED) is 0.513. The summed E-state index contributed by atoms with van der Waals surface area (Å²) in [5.41, 5.74) is 0.249. The molecule has 0 bridgehead atoms. The van der Waals surface area contributed by atoms with Gasteiger partial charge in [-0.1, -0.05) is 24.3 Å². The molecule has 0 amide bonds. The van der Waals surface area contributed by atoms with Crippen molar-refractivity contribution < 1.29 is 13.2 Å². The molecular formula is C22H20F3N5. The van der Waals surface area contributed by atoms with E-state index in [0.29, 0.717) is 23.5 Å². The molecule has 0 aliphatic carbocycles. The van der Waals surface area contributed by atoms with Crippen molar-refractivity contribution in [2.45, 2.75) is 19.1 Å². The summed E-state index contributed by atoms with van der Waals surface area (Å²) in [6, 6.07) is 13.9. The van der Waals surface area contributed by atoms with Gasteiger partial charge < -0.3 is 14.8 Å². The standard InChI is InChI=1S/C22H20F3N5/c1-14-13-29(20-17-5-3-2-4-15(17)8-9-26-20)10-11-30(14)21-27-18-7-6-16(22(23,24)25)12-19(18)28-21/h2-9,12,14H,10-11,13H2,1H3,(H,27,28). The Kier molecular flexibility index (Phi) is 4.30. The van der Waals surface area contributed by atoms with Crippen LogP contribution in [-0.4, -0.2) is 40.6 Å². The van der Waals surface area contributed by atoms with Crippen LogP contribution in [0.3, 0.4) is 0 Å². The van der Waals surface area contributed by atoms with Gasteiger partial charge in [-0.25, -0.2) is 9.97 Å². The van der Waals surface area contributed by atoms with Crippen LogP contribution < -0.4 is 9.80 Å². The SMILES string of the molecule is CC1CN(c2nccc3ccccc23)CCN1c1nc2ccc(C(F)(F)F)cc2[nH]1. The Labute approximate surface area is 171 Å². The lowest BCUT2D eigenvalue weighted by Gasteiger charge is -2.40. The van der Waals surface area contributed by atoms with Gasteiger partial charge in [-0.3, -0.25) is 0 Å². The summed E-state index contributed by atoms with van der Waals surface area (Å²) in [6.07, 6.45) is -2.55. The number of halogens is 3. The maximum Gasteiger partial charge on any atom is 0.416 e. The van der Waals surface area contributed by atoms with E-state index in [2.05, 4.69) is 43.8 Å². The zero-order valence-electron chi connectivity index (χ0n) is 16.3. The van der Waals surface area contributed by atoms with Crippen molar-refractivity contribution in [2.24, 2.45) is 0 Å². The minimum Gasteiger partial charge on any atom is -0.352 e. The maximum atomic E-state index is 13.0. The lowest BCUT2D eigenvalue weighted by atomic mass is 10.1. The van der Waals surface area contributed by atoms with Crippen LogP contribution in [0, 0.1) is 0 Å². The fraction of sp³-hybridized carbons (Fsp3) is 0.273. The van der Waals surface area contributed by atoms with E-state index in [0.717, 1.165) is 41.8 Å². The second kappa shape index (κ2) is 6.90. The first-order valence-corrected chi connectivity index (χ1v) is 9.82. The summed E-state index contributed by atoms with van der Waals surface area (Å²) in [6.45, 7) is 4.27. The predicted octanol–water partition coefficient (Wildman–Crippen LogP) is 4.85. The average Bonchev–Trinajstić information content (AvgIpc) is 3.15. The molecule has 2 aromatic heterocycles. The number of aromatic amines is 1. The van der Waals surface area contributed by atoms with Crippen molar-refractivity contribution in [2.75, 3.05) is 29.4 Å². The largest absolute Gasteiger partial charge is 0.416 e. The molecule has 0 spiro atoms. The molecule has 1 unspecified atom stereocenters. The molecule has 0 saturated carbocycles. The van der Waals surface area contributed by atoms with Gasteiger partial charge in [0.15, 0.2) is 0 Å². The highest BCUT2D eigenvalue weighted by atomic mass is 19.4. The number of alkyl halides is 3. The monoisotopic (exact) mass is 411 g/mol. The highest BCUT2D eigenvalue weighted by molar-refractivity contribution is 5.92. The Bertz CT molecular complexity index is 1210. The Morgan fingerprint density at radius 1 is 1.07 bits per heavy atom. The van der Waals surface area contributed by atoms with Gasteiger partial charge in [0.25, 0.3) is 0 Å². The average molecular weight is 411 g/mol. The minimum atomic E-state index is -4.37. The number of benzene rings is 2. The fourth-order valence-corrected chi connectivity index (χ4v) is 4.13. The Morgan fingerprint density at radius 3 is 2.70 bits per heavy atom. The number of piperazine rings is 1. The van der Waals surface area contributed by atoms with Gasteiger partial charge in [0.2, 0.25) is 5.95 Å².